The van der Waals surface area contributed by atoms with E-state index in [2.05, 4.69) is 14.7 Å². The molecule has 0 radical (unpaired) electrons. The van der Waals surface area contributed by atoms with Gasteiger partial charge in [-0.3, -0.25) is 0 Å². The van der Waals surface area contributed by atoms with Crippen LogP contribution in [0.5, 0.6) is 0 Å². The molecule has 0 aliphatic rings. The lowest BCUT2D eigenvalue weighted by Crippen LogP contribution is -2.14. The molecule has 21 heavy (non-hydrogen) atoms. The predicted octanol–water partition coefficient (Wildman–Crippen LogP) is 3.14. The average molecular weight is 301 g/mol. The smallest absolute Gasteiger partial charge is 0.359 e. The van der Waals surface area contributed by atoms with Gasteiger partial charge in [0.25, 0.3) is 0 Å². The SMILES string of the molecule is CCCOC(N)c1ccc(-c2noc(C(F)(F)F)n2)cc1. The lowest BCUT2D eigenvalue weighted by atomic mass is 10.1. The van der Waals surface area contributed by atoms with E-state index in [0.29, 0.717) is 17.7 Å². The molecular weight excluding hydrogens is 287 g/mol. The van der Waals surface area contributed by atoms with Crippen molar-refractivity contribution in [1.82, 2.24) is 10.1 Å². The van der Waals surface area contributed by atoms with Gasteiger partial charge in [-0.05, 0) is 12.0 Å². The molecule has 0 aliphatic heterocycles. The zero-order valence-corrected chi connectivity index (χ0v) is 11.2. The van der Waals surface area contributed by atoms with E-state index in [9.17, 15) is 13.2 Å². The Morgan fingerprint density at radius 1 is 1.29 bits per heavy atom. The van der Waals surface area contributed by atoms with Crippen molar-refractivity contribution in [1.29, 1.82) is 0 Å². The van der Waals surface area contributed by atoms with Gasteiger partial charge in [0, 0.05) is 12.2 Å². The molecule has 0 amide bonds. The minimum Gasteiger partial charge on any atom is -0.359 e. The minimum absolute atomic E-state index is 0.128. The van der Waals surface area contributed by atoms with Crippen LogP contribution in [0.25, 0.3) is 11.4 Å². The van der Waals surface area contributed by atoms with Gasteiger partial charge >= 0.3 is 12.1 Å². The van der Waals surface area contributed by atoms with Gasteiger partial charge in [0.15, 0.2) is 0 Å². The Morgan fingerprint density at radius 2 is 1.95 bits per heavy atom. The lowest BCUT2D eigenvalue weighted by Gasteiger charge is -2.12. The van der Waals surface area contributed by atoms with E-state index in [1.165, 1.54) is 0 Å². The lowest BCUT2D eigenvalue weighted by molar-refractivity contribution is -0.159. The van der Waals surface area contributed by atoms with Crippen LogP contribution >= 0.6 is 0 Å². The number of ether oxygens (including phenoxy) is 1. The Kier molecular flexibility index (Phi) is 4.59. The minimum atomic E-state index is -4.65. The molecule has 0 saturated heterocycles. The summed E-state index contributed by atoms with van der Waals surface area (Å²) >= 11 is 0. The van der Waals surface area contributed by atoms with Gasteiger partial charge in [0.05, 0.1) is 0 Å². The molecule has 0 bridgehead atoms. The van der Waals surface area contributed by atoms with Crippen LogP contribution in [0.1, 0.15) is 31.0 Å². The Labute approximate surface area is 118 Å². The Hall–Kier alpha value is -1.93. The molecule has 1 heterocycles. The van der Waals surface area contributed by atoms with Crippen molar-refractivity contribution in [2.24, 2.45) is 5.73 Å². The first-order valence-electron chi connectivity index (χ1n) is 6.30. The molecule has 1 unspecified atom stereocenters. The van der Waals surface area contributed by atoms with Crippen LogP contribution in [0.3, 0.4) is 0 Å². The second-order valence-corrected chi connectivity index (χ2v) is 4.33. The first-order valence-corrected chi connectivity index (χ1v) is 6.30. The molecular formula is C13H14F3N3O2. The van der Waals surface area contributed by atoms with Gasteiger partial charge < -0.3 is 15.0 Å². The second kappa shape index (κ2) is 6.23. The number of hydrogen-bond donors (Lipinski definition) is 1. The highest BCUT2D eigenvalue weighted by atomic mass is 19.4. The van der Waals surface area contributed by atoms with Crippen molar-refractivity contribution in [2.75, 3.05) is 6.61 Å². The first kappa shape index (κ1) is 15.5. The predicted molar refractivity (Wildman–Crippen MR) is 67.9 cm³/mol. The number of rotatable bonds is 5. The molecule has 8 heteroatoms. The summed E-state index contributed by atoms with van der Waals surface area (Å²) in [5, 5.41) is 3.31. The van der Waals surface area contributed by atoms with Gasteiger partial charge in [0.1, 0.15) is 6.23 Å². The third kappa shape index (κ3) is 3.79. The summed E-state index contributed by atoms with van der Waals surface area (Å²) < 4.78 is 46.7. The van der Waals surface area contributed by atoms with E-state index in [1.54, 1.807) is 24.3 Å². The Bertz CT molecular complexity index is 581. The van der Waals surface area contributed by atoms with E-state index in [4.69, 9.17) is 10.5 Å². The van der Waals surface area contributed by atoms with Crippen molar-refractivity contribution in [2.45, 2.75) is 25.7 Å². The number of benzene rings is 1. The maximum absolute atomic E-state index is 12.4. The summed E-state index contributed by atoms with van der Waals surface area (Å²) in [7, 11) is 0. The third-order valence-electron chi connectivity index (χ3n) is 2.67. The molecule has 0 spiro atoms. The third-order valence-corrected chi connectivity index (χ3v) is 2.67. The average Bonchev–Trinajstić information content (AvgIpc) is 2.95. The van der Waals surface area contributed by atoms with E-state index in [1.807, 2.05) is 6.92 Å². The van der Waals surface area contributed by atoms with Crippen molar-refractivity contribution < 1.29 is 22.4 Å². The monoisotopic (exact) mass is 301 g/mol. The van der Waals surface area contributed by atoms with E-state index < -0.39 is 18.3 Å². The summed E-state index contributed by atoms with van der Waals surface area (Å²) in [5.41, 5.74) is 6.93. The van der Waals surface area contributed by atoms with E-state index >= 15 is 0 Å². The molecule has 0 saturated carbocycles. The number of nitrogens with zero attached hydrogens (tertiary/aromatic N) is 2. The number of nitrogens with two attached hydrogens (primary N) is 1. The van der Waals surface area contributed by atoms with Gasteiger partial charge in [-0.1, -0.05) is 36.3 Å². The van der Waals surface area contributed by atoms with Gasteiger partial charge in [0.2, 0.25) is 5.82 Å². The van der Waals surface area contributed by atoms with Crippen LogP contribution < -0.4 is 5.73 Å². The molecule has 0 fully saturated rings. The van der Waals surface area contributed by atoms with Crippen molar-refractivity contribution in [3.8, 4) is 11.4 Å². The molecule has 2 rings (SSSR count). The zero-order chi connectivity index (χ0) is 15.5. The summed E-state index contributed by atoms with van der Waals surface area (Å²) in [5.74, 6) is -1.50. The standard InChI is InChI=1S/C13H14F3N3O2/c1-2-7-20-10(17)8-3-5-9(6-4-8)11-18-12(21-19-11)13(14,15)16/h3-6,10H,2,7,17H2,1H3. The summed E-state index contributed by atoms with van der Waals surface area (Å²) in [6, 6.07) is 6.43. The Balaban J connectivity index is 2.13. The summed E-state index contributed by atoms with van der Waals surface area (Å²) in [6.07, 6.45) is -4.38. The topological polar surface area (TPSA) is 74.2 Å². The molecule has 2 aromatic rings. The highest BCUT2D eigenvalue weighted by Gasteiger charge is 2.38. The normalized spacial score (nSPS) is 13.4. The molecule has 1 aromatic carbocycles. The van der Waals surface area contributed by atoms with Crippen LogP contribution in [-0.4, -0.2) is 16.7 Å². The molecule has 1 aromatic heterocycles. The quantitative estimate of drug-likeness (QED) is 0.859. The number of aromatic nitrogens is 2. The van der Waals surface area contributed by atoms with Crippen LogP contribution in [0, 0.1) is 0 Å². The fourth-order valence-corrected chi connectivity index (χ4v) is 1.62. The molecule has 0 aliphatic carbocycles. The van der Waals surface area contributed by atoms with Crippen molar-refractivity contribution in [3.05, 3.63) is 35.7 Å². The second-order valence-electron chi connectivity index (χ2n) is 4.33. The fourth-order valence-electron chi connectivity index (χ4n) is 1.62. The maximum atomic E-state index is 12.4. The largest absolute Gasteiger partial charge is 0.471 e. The first-order chi connectivity index (χ1) is 9.91. The highest BCUT2D eigenvalue weighted by molar-refractivity contribution is 5.54. The van der Waals surface area contributed by atoms with Crippen LogP contribution in [0.15, 0.2) is 28.8 Å². The molecule has 1 atom stereocenters. The van der Waals surface area contributed by atoms with E-state index in [0.717, 1.165) is 6.42 Å². The van der Waals surface area contributed by atoms with Gasteiger partial charge in [-0.15, -0.1) is 0 Å². The highest BCUT2D eigenvalue weighted by Crippen LogP contribution is 2.29. The zero-order valence-electron chi connectivity index (χ0n) is 11.2. The number of halogens is 3. The molecule has 2 N–H and O–H groups in total. The van der Waals surface area contributed by atoms with Gasteiger partial charge in [-0.2, -0.15) is 18.2 Å². The van der Waals surface area contributed by atoms with Gasteiger partial charge in [-0.25, -0.2) is 0 Å². The summed E-state index contributed by atoms with van der Waals surface area (Å²) in [6.45, 7) is 2.49. The van der Waals surface area contributed by atoms with Crippen molar-refractivity contribution >= 4 is 0 Å². The maximum Gasteiger partial charge on any atom is 0.471 e. The number of alkyl halides is 3. The van der Waals surface area contributed by atoms with Crippen molar-refractivity contribution in [3.63, 3.8) is 0 Å². The van der Waals surface area contributed by atoms with Crippen LogP contribution in [0.2, 0.25) is 0 Å². The number of hydrogen-bond acceptors (Lipinski definition) is 5. The molecule has 114 valence electrons. The van der Waals surface area contributed by atoms with Crippen LogP contribution in [-0.2, 0) is 10.9 Å². The summed E-state index contributed by atoms with van der Waals surface area (Å²) in [4.78, 5) is 3.31. The Morgan fingerprint density at radius 3 is 2.48 bits per heavy atom. The van der Waals surface area contributed by atoms with E-state index in [-0.39, 0.29) is 5.82 Å². The molecule has 5 nitrogen and oxygen atoms in total. The van der Waals surface area contributed by atoms with Crippen LogP contribution in [0.4, 0.5) is 13.2 Å². The fraction of sp³-hybridized carbons (Fsp3) is 0.385.